The molecule has 1 unspecified atom stereocenters. The van der Waals surface area contributed by atoms with Crippen molar-refractivity contribution in [3.63, 3.8) is 0 Å². The van der Waals surface area contributed by atoms with Gasteiger partial charge in [0, 0.05) is 5.56 Å². The van der Waals surface area contributed by atoms with Gasteiger partial charge in [0.2, 0.25) is 0 Å². The first-order valence-electron chi connectivity index (χ1n) is 9.09. The van der Waals surface area contributed by atoms with Gasteiger partial charge in [-0.25, -0.2) is 8.60 Å². The van der Waals surface area contributed by atoms with Crippen molar-refractivity contribution >= 4 is 22.6 Å². The lowest BCUT2D eigenvalue weighted by atomic mass is 9.85. The Labute approximate surface area is 173 Å². The molecule has 154 valence electrons. The molecule has 28 heavy (non-hydrogen) atoms. The zero-order chi connectivity index (χ0) is 20.9. The van der Waals surface area contributed by atoms with Crippen molar-refractivity contribution in [2.45, 2.75) is 50.9 Å². The molecular formula is C21H27ClFNO3S. The average molecular weight is 428 g/mol. The predicted molar refractivity (Wildman–Crippen MR) is 113 cm³/mol. The summed E-state index contributed by atoms with van der Waals surface area (Å²) in [4.78, 5) is 0. The Morgan fingerprint density at radius 3 is 2.36 bits per heavy atom. The summed E-state index contributed by atoms with van der Waals surface area (Å²) in [5.74, 6) is 0.933. The van der Waals surface area contributed by atoms with Crippen molar-refractivity contribution < 1.29 is 18.1 Å². The van der Waals surface area contributed by atoms with Gasteiger partial charge in [-0.3, -0.25) is 5.14 Å². The summed E-state index contributed by atoms with van der Waals surface area (Å²) in [6.07, 6.45) is 1.28. The highest BCUT2D eigenvalue weighted by molar-refractivity contribution is 7.84. The van der Waals surface area contributed by atoms with E-state index in [2.05, 4.69) is 0 Å². The Morgan fingerprint density at radius 1 is 1.21 bits per heavy atom. The summed E-state index contributed by atoms with van der Waals surface area (Å²) in [6, 6.07) is 9.98. The molecule has 0 aromatic heterocycles. The van der Waals surface area contributed by atoms with E-state index in [0.29, 0.717) is 17.2 Å². The Balaban J connectivity index is 2.31. The SMILES string of the molecule is CC[C@@H](CC(C)(C)S(N)=O)c1cc(F)cc(Cl)c1COc1ccc(OC)cc1. The fourth-order valence-electron chi connectivity index (χ4n) is 3.12. The third kappa shape index (κ3) is 5.69. The highest BCUT2D eigenvalue weighted by Crippen LogP contribution is 2.36. The minimum Gasteiger partial charge on any atom is -0.497 e. The molecule has 2 N–H and O–H groups in total. The van der Waals surface area contributed by atoms with E-state index in [-0.39, 0.29) is 12.5 Å². The van der Waals surface area contributed by atoms with Gasteiger partial charge in [-0.05, 0) is 74.6 Å². The molecule has 0 saturated heterocycles. The zero-order valence-electron chi connectivity index (χ0n) is 16.6. The Morgan fingerprint density at radius 2 is 1.82 bits per heavy atom. The largest absolute Gasteiger partial charge is 0.497 e. The molecule has 2 atom stereocenters. The van der Waals surface area contributed by atoms with Crippen molar-refractivity contribution in [2.24, 2.45) is 5.14 Å². The maximum Gasteiger partial charge on any atom is 0.125 e. The third-order valence-corrected chi connectivity index (χ3v) is 6.45. The van der Waals surface area contributed by atoms with Gasteiger partial charge >= 0.3 is 0 Å². The first-order valence-corrected chi connectivity index (χ1v) is 10.7. The molecule has 0 fully saturated rings. The molecule has 0 heterocycles. The molecule has 0 amide bonds. The smallest absolute Gasteiger partial charge is 0.125 e. The van der Waals surface area contributed by atoms with Gasteiger partial charge in [0.25, 0.3) is 0 Å². The predicted octanol–water partition coefficient (Wildman–Crippen LogP) is 5.35. The minimum atomic E-state index is -1.50. The molecule has 4 nitrogen and oxygen atoms in total. The second-order valence-electron chi connectivity index (χ2n) is 7.29. The van der Waals surface area contributed by atoms with Crippen LogP contribution in [0.5, 0.6) is 11.5 Å². The minimum absolute atomic E-state index is 0.0508. The van der Waals surface area contributed by atoms with Gasteiger partial charge < -0.3 is 9.47 Å². The van der Waals surface area contributed by atoms with E-state index in [9.17, 15) is 8.60 Å². The maximum atomic E-state index is 14.1. The van der Waals surface area contributed by atoms with Crippen LogP contribution in [-0.4, -0.2) is 16.1 Å². The van der Waals surface area contributed by atoms with E-state index < -0.39 is 21.5 Å². The van der Waals surface area contributed by atoms with Gasteiger partial charge in [-0.15, -0.1) is 0 Å². The van der Waals surface area contributed by atoms with Crippen LogP contribution in [0.15, 0.2) is 36.4 Å². The molecule has 2 aromatic rings. The lowest BCUT2D eigenvalue weighted by Gasteiger charge is -2.28. The van der Waals surface area contributed by atoms with E-state index in [0.717, 1.165) is 23.3 Å². The van der Waals surface area contributed by atoms with Crippen LogP contribution in [-0.2, 0) is 17.6 Å². The van der Waals surface area contributed by atoms with Gasteiger partial charge in [0.15, 0.2) is 0 Å². The third-order valence-electron chi connectivity index (χ3n) is 4.85. The van der Waals surface area contributed by atoms with Crippen molar-refractivity contribution in [1.29, 1.82) is 0 Å². The van der Waals surface area contributed by atoms with E-state index in [1.54, 1.807) is 31.4 Å². The van der Waals surface area contributed by atoms with E-state index in [4.69, 9.17) is 26.2 Å². The summed E-state index contributed by atoms with van der Waals surface area (Å²) in [5.41, 5.74) is 1.49. The van der Waals surface area contributed by atoms with Crippen molar-refractivity contribution in [2.75, 3.05) is 7.11 Å². The molecule has 0 saturated carbocycles. The lowest BCUT2D eigenvalue weighted by molar-refractivity contribution is 0.302. The van der Waals surface area contributed by atoms with E-state index >= 15 is 0 Å². The summed E-state index contributed by atoms with van der Waals surface area (Å²) in [5, 5.41) is 5.96. The summed E-state index contributed by atoms with van der Waals surface area (Å²) >= 11 is 6.36. The van der Waals surface area contributed by atoms with E-state index in [1.807, 2.05) is 20.8 Å². The average Bonchev–Trinajstić information content (AvgIpc) is 2.65. The first kappa shape index (κ1) is 22.7. The van der Waals surface area contributed by atoms with Gasteiger partial charge in [0.1, 0.15) is 23.9 Å². The molecule has 0 spiro atoms. The Bertz CT molecular complexity index is 827. The molecule has 2 rings (SSSR count). The fourth-order valence-corrected chi connectivity index (χ4v) is 3.75. The molecule has 0 radical (unpaired) electrons. The number of hydrogen-bond acceptors (Lipinski definition) is 3. The normalized spacial score (nSPS) is 13.8. The highest BCUT2D eigenvalue weighted by atomic mass is 35.5. The van der Waals surface area contributed by atoms with Gasteiger partial charge in [-0.1, -0.05) is 18.5 Å². The molecular weight excluding hydrogens is 401 g/mol. The lowest BCUT2D eigenvalue weighted by Crippen LogP contribution is -2.33. The monoisotopic (exact) mass is 427 g/mol. The molecule has 7 heteroatoms. The molecule has 0 bridgehead atoms. The van der Waals surface area contributed by atoms with Crippen LogP contribution in [0.1, 0.15) is 50.7 Å². The summed E-state index contributed by atoms with van der Waals surface area (Å²) in [6.45, 7) is 5.90. The highest BCUT2D eigenvalue weighted by Gasteiger charge is 2.29. The van der Waals surface area contributed by atoms with Crippen LogP contribution < -0.4 is 14.6 Å². The quantitative estimate of drug-likeness (QED) is 0.586. The zero-order valence-corrected chi connectivity index (χ0v) is 18.2. The number of hydrogen-bond donors (Lipinski definition) is 1. The van der Waals surface area contributed by atoms with Gasteiger partial charge in [-0.2, -0.15) is 0 Å². The number of nitrogens with two attached hydrogens (primary N) is 1. The topological polar surface area (TPSA) is 61.6 Å². The fraction of sp³-hybridized carbons (Fsp3) is 0.429. The summed E-state index contributed by atoms with van der Waals surface area (Å²) < 4.78 is 36.4. The second-order valence-corrected chi connectivity index (χ2v) is 9.39. The van der Waals surface area contributed by atoms with Crippen LogP contribution in [0.4, 0.5) is 4.39 Å². The number of halogens is 2. The van der Waals surface area contributed by atoms with Crippen LogP contribution in [0.3, 0.4) is 0 Å². The molecule has 0 aliphatic heterocycles. The number of benzene rings is 2. The van der Waals surface area contributed by atoms with Gasteiger partial charge in [0.05, 0.1) is 27.9 Å². The Hall–Kier alpha value is -1.63. The molecule has 0 aliphatic carbocycles. The van der Waals surface area contributed by atoms with Crippen molar-refractivity contribution in [1.82, 2.24) is 0 Å². The van der Waals surface area contributed by atoms with Crippen LogP contribution >= 0.6 is 11.6 Å². The van der Waals surface area contributed by atoms with Crippen LogP contribution in [0.2, 0.25) is 5.02 Å². The van der Waals surface area contributed by atoms with Crippen LogP contribution in [0, 0.1) is 5.82 Å². The van der Waals surface area contributed by atoms with Crippen molar-refractivity contribution in [3.8, 4) is 11.5 Å². The second kappa shape index (κ2) is 9.72. The standard InChI is InChI=1S/C21H27ClFNO3S/c1-5-14(12-21(2,3)28(24)25)18-10-15(23)11-20(22)19(18)13-27-17-8-6-16(26-4)7-9-17/h6-11,14H,5,12-13,24H2,1-4H3/t14-,28?/m0/s1. The van der Waals surface area contributed by atoms with Crippen molar-refractivity contribution in [3.05, 3.63) is 58.4 Å². The molecule has 0 aliphatic rings. The summed E-state index contributed by atoms with van der Waals surface area (Å²) in [7, 11) is 0.103. The molecule has 2 aromatic carbocycles. The van der Waals surface area contributed by atoms with E-state index in [1.165, 1.54) is 12.1 Å². The first-order chi connectivity index (χ1) is 13.2. The van der Waals surface area contributed by atoms with Crippen LogP contribution in [0.25, 0.3) is 0 Å². The number of ether oxygens (including phenoxy) is 2. The Kier molecular flexibility index (Phi) is 7.87. The number of methoxy groups -OCH3 is 1. The maximum absolute atomic E-state index is 14.1. The number of rotatable bonds is 9.